The molecule has 1 saturated heterocycles. The van der Waals surface area contributed by atoms with Crippen molar-refractivity contribution in [1.82, 2.24) is 9.88 Å². The number of carbonyl (C=O) groups is 1. The molecule has 0 saturated carbocycles. The van der Waals surface area contributed by atoms with Crippen LogP contribution in [0.4, 0.5) is 0 Å². The summed E-state index contributed by atoms with van der Waals surface area (Å²) in [4.78, 5) is 18.2. The minimum Gasteiger partial charge on any atom is -0.474 e. The number of likely N-dealkylation sites (tertiary alicyclic amines) is 1. The maximum absolute atomic E-state index is 11.7. The molecule has 2 rings (SSSR count). The van der Waals surface area contributed by atoms with Crippen molar-refractivity contribution in [1.29, 1.82) is 0 Å². The van der Waals surface area contributed by atoms with E-state index in [0.717, 1.165) is 18.5 Å². The number of ether oxygens (including phenoxy) is 2. The van der Waals surface area contributed by atoms with E-state index in [1.807, 2.05) is 19.1 Å². The molecule has 2 heterocycles. The SMILES string of the molecule is Cc1ccc(OCCOC(=O)CCC2CCCN(C)C2)nc1. The molecule has 0 amide bonds. The van der Waals surface area contributed by atoms with Crippen LogP contribution in [0.3, 0.4) is 0 Å². The molecular weight excluding hydrogens is 280 g/mol. The molecule has 1 aliphatic heterocycles. The zero-order valence-electron chi connectivity index (χ0n) is 13.6. The molecule has 0 N–H and O–H groups in total. The molecule has 22 heavy (non-hydrogen) atoms. The first-order valence-corrected chi connectivity index (χ1v) is 8.03. The van der Waals surface area contributed by atoms with Crippen molar-refractivity contribution in [3.8, 4) is 5.88 Å². The fourth-order valence-electron chi connectivity index (χ4n) is 2.74. The quantitative estimate of drug-likeness (QED) is 0.572. The van der Waals surface area contributed by atoms with Gasteiger partial charge in [0.05, 0.1) is 0 Å². The smallest absolute Gasteiger partial charge is 0.305 e. The molecule has 0 aliphatic carbocycles. The van der Waals surface area contributed by atoms with Gasteiger partial charge in [-0.25, -0.2) is 4.98 Å². The van der Waals surface area contributed by atoms with Crippen molar-refractivity contribution in [2.24, 2.45) is 5.92 Å². The molecule has 0 spiro atoms. The number of nitrogens with zero attached hydrogens (tertiary/aromatic N) is 2. The number of piperidine rings is 1. The number of rotatable bonds is 7. The monoisotopic (exact) mass is 306 g/mol. The van der Waals surface area contributed by atoms with Gasteiger partial charge in [-0.3, -0.25) is 4.79 Å². The van der Waals surface area contributed by atoms with E-state index < -0.39 is 0 Å². The van der Waals surface area contributed by atoms with Crippen molar-refractivity contribution in [3.05, 3.63) is 23.9 Å². The predicted octanol–water partition coefficient (Wildman–Crippen LogP) is 2.43. The van der Waals surface area contributed by atoms with Crippen LogP contribution in [0.1, 0.15) is 31.2 Å². The van der Waals surface area contributed by atoms with Gasteiger partial charge in [0.15, 0.2) is 0 Å². The largest absolute Gasteiger partial charge is 0.474 e. The number of esters is 1. The van der Waals surface area contributed by atoms with E-state index in [-0.39, 0.29) is 12.6 Å². The van der Waals surface area contributed by atoms with Gasteiger partial charge in [0.1, 0.15) is 13.2 Å². The van der Waals surface area contributed by atoms with E-state index in [0.29, 0.717) is 24.8 Å². The van der Waals surface area contributed by atoms with Crippen LogP contribution >= 0.6 is 0 Å². The standard InChI is InChI=1S/C17H26N2O3/c1-14-5-7-16(18-12-14)21-10-11-22-17(20)8-6-15-4-3-9-19(2)13-15/h5,7,12,15H,3-4,6,8-11,13H2,1-2H3. The molecular formula is C17H26N2O3. The molecule has 5 nitrogen and oxygen atoms in total. The van der Waals surface area contributed by atoms with Gasteiger partial charge < -0.3 is 14.4 Å². The molecule has 1 fully saturated rings. The van der Waals surface area contributed by atoms with Crippen molar-refractivity contribution in [2.45, 2.75) is 32.6 Å². The lowest BCUT2D eigenvalue weighted by atomic mass is 9.94. The van der Waals surface area contributed by atoms with Gasteiger partial charge in [-0.2, -0.15) is 0 Å². The van der Waals surface area contributed by atoms with Crippen LogP contribution in [0, 0.1) is 12.8 Å². The highest BCUT2D eigenvalue weighted by molar-refractivity contribution is 5.69. The van der Waals surface area contributed by atoms with Gasteiger partial charge in [-0.1, -0.05) is 6.07 Å². The van der Waals surface area contributed by atoms with Crippen molar-refractivity contribution in [3.63, 3.8) is 0 Å². The van der Waals surface area contributed by atoms with Gasteiger partial charge in [-0.05, 0) is 51.3 Å². The zero-order chi connectivity index (χ0) is 15.8. The Morgan fingerprint density at radius 1 is 1.41 bits per heavy atom. The topological polar surface area (TPSA) is 51.7 Å². The molecule has 0 bridgehead atoms. The zero-order valence-corrected chi connectivity index (χ0v) is 13.6. The third kappa shape index (κ3) is 6.02. The Morgan fingerprint density at radius 2 is 2.27 bits per heavy atom. The van der Waals surface area contributed by atoms with Crippen molar-refractivity contribution in [2.75, 3.05) is 33.4 Å². The summed E-state index contributed by atoms with van der Waals surface area (Å²) in [6.45, 7) is 4.86. The molecule has 1 aliphatic rings. The second kappa shape index (κ2) is 8.73. The molecule has 1 unspecified atom stereocenters. The van der Waals surface area contributed by atoms with Gasteiger partial charge in [0, 0.05) is 25.2 Å². The minimum atomic E-state index is -0.131. The summed E-state index contributed by atoms with van der Waals surface area (Å²) in [7, 11) is 2.14. The highest BCUT2D eigenvalue weighted by atomic mass is 16.6. The third-order valence-electron chi connectivity index (χ3n) is 3.96. The molecule has 1 atom stereocenters. The van der Waals surface area contributed by atoms with E-state index in [9.17, 15) is 4.79 Å². The normalized spacial score (nSPS) is 18.9. The van der Waals surface area contributed by atoms with Crippen molar-refractivity contribution >= 4 is 5.97 Å². The summed E-state index contributed by atoms with van der Waals surface area (Å²) >= 11 is 0. The van der Waals surface area contributed by atoms with Gasteiger partial charge in [-0.15, -0.1) is 0 Å². The Balaban J connectivity index is 1.55. The second-order valence-corrected chi connectivity index (χ2v) is 6.05. The molecule has 122 valence electrons. The predicted molar refractivity (Wildman–Crippen MR) is 84.9 cm³/mol. The average Bonchev–Trinajstić information content (AvgIpc) is 2.51. The van der Waals surface area contributed by atoms with Crippen LogP contribution in [-0.2, 0) is 9.53 Å². The van der Waals surface area contributed by atoms with E-state index in [1.54, 1.807) is 6.20 Å². The van der Waals surface area contributed by atoms with Crippen LogP contribution < -0.4 is 4.74 Å². The van der Waals surface area contributed by atoms with Gasteiger partial charge >= 0.3 is 5.97 Å². The van der Waals surface area contributed by atoms with E-state index in [1.165, 1.54) is 19.4 Å². The molecule has 1 aromatic rings. The lowest BCUT2D eigenvalue weighted by Gasteiger charge is -2.29. The first-order chi connectivity index (χ1) is 10.6. The lowest BCUT2D eigenvalue weighted by Crippen LogP contribution is -2.32. The Hall–Kier alpha value is -1.62. The van der Waals surface area contributed by atoms with Gasteiger partial charge in [0.2, 0.25) is 5.88 Å². The van der Waals surface area contributed by atoms with Gasteiger partial charge in [0.25, 0.3) is 0 Å². The Morgan fingerprint density at radius 3 is 3.00 bits per heavy atom. The summed E-state index contributed by atoms with van der Waals surface area (Å²) in [5, 5.41) is 0. The molecule has 1 aromatic heterocycles. The lowest BCUT2D eigenvalue weighted by molar-refractivity contribution is -0.144. The highest BCUT2D eigenvalue weighted by Crippen LogP contribution is 2.20. The number of hydrogen-bond acceptors (Lipinski definition) is 5. The summed E-state index contributed by atoms with van der Waals surface area (Å²) < 4.78 is 10.6. The number of pyridine rings is 1. The summed E-state index contributed by atoms with van der Waals surface area (Å²) in [5.74, 6) is 1.06. The van der Waals surface area contributed by atoms with E-state index in [2.05, 4.69) is 16.9 Å². The second-order valence-electron chi connectivity index (χ2n) is 6.05. The molecule has 5 heteroatoms. The van der Waals surface area contributed by atoms with Crippen LogP contribution in [0.25, 0.3) is 0 Å². The third-order valence-corrected chi connectivity index (χ3v) is 3.96. The minimum absolute atomic E-state index is 0.131. The highest BCUT2D eigenvalue weighted by Gasteiger charge is 2.18. The maximum Gasteiger partial charge on any atom is 0.305 e. The Kier molecular flexibility index (Phi) is 6.65. The fourth-order valence-corrected chi connectivity index (χ4v) is 2.74. The summed E-state index contributed by atoms with van der Waals surface area (Å²) in [6, 6.07) is 3.76. The fraction of sp³-hybridized carbons (Fsp3) is 0.647. The number of hydrogen-bond donors (Lipinski definition) is 0. The average molecular weight is 306 g/mol. The molecule has 0 aromatic carbocycles. The van der Waals surface area contributed by atoms with Crippen molar-refractivity contribution < 1.29 is 14.3 Å². The van der Waals surface area contributed by atoms with Crippen LogP contribution in [0.2, 0.25) is 0 Å². The Labute approximate surface area is 132 Å². The first-order valence-electron chi connectivity index (χ1n) is 8.03. The first kappa shape index (κ1) is 16.7. The Bertz CT molecular complexity index is 461. The van der Waals surface area contributed by atoms with Crippen LogP contribution in [0.15, 0.2) is 18.3 Å². The number of carbonyl (C=O) groups excluding carboxylic acids is 1. The summed E-state index contributed by atoms with van der Waals surface area (Å²) in [6.07, 6.45) is 5.63. The van der Waals surface area contributed by atoms with E-state index >= 15 is 0 Å². The van der Waals surface area contributed by atoms with E-state index in [4.69, 9.17) is 9.47 Å². The number of aromatic nitrogens is 1. The maximum atomic E-state index is 11.7. The molecule has 0 radical (unpaired) electrons. The summed E-state index contributed by atoms with van der Waals surface area (Å²) in [5.41, 5.74) is 1.09. The van der Waals surface area contributed by atoms with Crippen LogP contribution in [-0.4, -0.2) is 49.2 Å². The number of aryl methyl sites for hydroxylation is 1. The van der Waals surface area contributed by atoms with Crippen LogP contribution in [0.5, 0.6) is 5.88 Å².